The number of carbonyl (C=O) groups excluding carboxylic acids is 2. The Balaban J connectivity index is 1.43. The van der Waals surface area contributed by atoms with Gasteiger partial charge in [-0.15, -0.1) is 11.3 Å². The second kappa shape index (κ2) is 6.64. The quantitative estimate of drug-likeness (QED) is 0.828. The summed E-state index contributed by atoms with van der Waals surface area (Å²) < 4.78 is 0. The molecular formula is C20H22N2O2S. The summed E-state index contributed by atoms with van der Waals surface area (Å²) in [6.07, 6.45) is 4.84. The van der Waals surface area contributed by atoms with Crippen LogP contribution in [0.25, 0.3) is 0 Å². The lowest BCUT2D eigenvalue weighted by atomic mass is 9.64. The smallest absolute Gasteiger partial charge is 0.230 e. The van der Waals surface area contributed by atoms with Crippen LogP contribution in [-0.2, 0) is 21.5 Å². The van der Waals surface area contributed by atoms with E-state index in [1.807, 2.05) is 41.8 Å². The Morgan fingerprint density at radius 3 is 2.44 bits per heavy atom. The summed E-state index contributed by atoms with van der Waals surface area (Å²) in [7, 11) is 0. The average molecular weight is 354 g/mol. The van der Waals surface area contributed by atoms with Crippen LogP contribution in [0.5, 0.6) is 0 Å². The average Bonchev–Trinajstić information content (AvgIpc) is 3.30. The molecule has 4 rings (SSSR count). The van der Waals surface area contributed by atoms with Crippen molar-refractivity contribution in [3.63, 3.8) is 0 Å². The van der Waals surface area contributed by atoms with E-state index in [0.29, 0.717) is 6.54 Å². The fourth-order valence-corrected chi connectivity index (χ4v) is 4.03. The van der Waals surface area contributed by atoms with Crippen molar-refractivity contribution in [3.05, 3.63) is 52.2 Å². The minimum absolute atomic E-state index is 0.111. The van der Waals surface area contributed by atoms with E-state index >= 15 is 0 Å². The predicted octanol–water partition coefficient (Wildman–Crippen LogP) is 3.83. The molecule has 2 N–H and O–H groups in total. The van der Waals surface area contributed by atoms with Crippen LogP contribution >= 0.6 is 11.3 Å². The maximum atomic E-state index is 12.8. The van der Waals surface area contributed by atoms with Crippen molar-refractivity contribution < 1.29 is 9.59 Å². The third kappa shape index (κ3) is 3.33. The first-order valence-corrected chi connectivity index (χ1v) is 9.77. The fraction of sp³-hybridized carbons (Fsp3) is 0.400. The molecule has 4 nitrogen and oxygen atoms in total. The van der Waals surface area contributed by atoms with Crippen molar-refractivity contribution in [1.29, 1.82) is 0 Å². The third-order valence-corrected chi connectivity index (χ3v) is 6.17. The second-order valence-electron chi connectivity index (χ2n) is 7.04. The van der Waals surface area contributed by atoms with Gasteiger partial charge in [0.25, 0.3) is 0 Å². The van der Waals surface area contributed by atoms with Crippen LogP contribution < -0.4 is 10.6 Å². The summed E-state index contributed by atoms with van der Waals surface area (Å²) in [6.45, 7) is 0.591. The minimum atomic E-state index is -0.406. The number of nitrogens with one attached hydrogen (secondary N) is 2. The maximum Gasteiger partial charge on any atom is 0.230 e. The van der Waals surface area contributed by atoms with Gasteiger partial charge in [0.2, 0.25) is 11.8 Å². The first kappa shape index (κ1) is 16.3. The first-order chi connectivity index (χ1) is 12.2. The highest BCUT2D eigenvalue weighted by Gasteiger charge is 2.45. The van der Waals surface area contributed by atoms with Gasteiger partial charge in [-0.05, 0) is 54.8 Å². The summed E-state index contributed by atoms with van der Waals surface area (Å²) >= 11 is 1.66. The normalized spacial score (nSPS) is 18.2. The second-order valence-corrected chi connectivity index (χ2v) is 8.07. The number of amides is 2. The predicted molar refractivity (Wildman–Crippen MR) is 99.5 cm³/mol. The summed E-state index contributed by atoms with van der Waals surface area (Å²) in [6, 6.07) is 11.9. The van der Waals surface area contributed by atoms with Crippen molar-refractivity contribution >= 4 is 28.8 Å². The van der Waals surface area contributed by atoms with E-state index < -0.39 is 5.41 Å². The van der Waals surface area contributed by atoms with Gasteiger partial charge in [0.05, 0.1) is 12.0 Å². The zero-order valence-corrected chi connectivity index (χ0v) is 14.9. The molecule has 2 saturated carbocycles. The molecule has 1 aromatic heterocycles. The Labute approximate surface area is 151 Å². The van der Waals surface area contributed by atoms with Crippen LogP contribution in [0, 0.1) is 5.92 Å². The van der Waals surface area contributed by atoms with Gasteiger partial charge in [-0.25, -0.2) is 0 Å². The van der Waals surface area contributed by atoms with Crippen molar-refractivity contribution in [2.24, 2.45) is 5.92 Å². The molecule has 2 fully saturated rings. The van der Waals surface area contributed by atoms with Gasteiger partial charge in [0, 0.05) is 16.5 Å². The molecule has 0 saturated heterocycles. The van der Waals surface area contributed by atoms with E-state index in [1.165, 1.54) is 4.88 Å². The monoisotopic (exact) mass is 354 g/mol. The molecular weight excluding hydrogens is 332 g/mol. The van der Waals surface area contributed by atoms with Gasteiger partial charge in [-0.2, -0.15) is 0 Å². The van der Waals surface area contributed by atoms with Crippen LogP contribution in [0.1, 0.15) is 42.5 Å². The van der Waals surface area contributed by atoms with Crippen molar-refractivity contribution in [2.75, 3.05) is 5.32 Å². The van der Waals surface area contributed by atoms with Crippen molar-refractivity contribution in [1.82, 2.24) is 5.32 Å². The summed E-state index contributed by atoms with van der Waals surface area (Å²) in [5, 5.41) is 8.07. The lowest BCUT2D eigenvalue weighted by molar-refractivity contribution is -0.130. The van der Waals surface area contributed by atoms with E-state index in [4.69, 9.17) is 0 Å². The molecule has 2 aliphatic rings. The molecule has 0 spiro atoms. The van der Waals surface area contributed by atoms with Crippen LogP contribution in [0.15, 0.2) is 41.8 Å². The number of rotatable bonds is 6. The highest BCUT2D eigenvalue weighted by molar-refractivity contribution is 7.09. The fourth-order valence-electron chi connectivity index (χ4n) is 3.39. The largest absolute Gasteiger partial charge is 0.350 e. The standard InChI is InChI=1S/C20H22N2O2S/c23-18(14-4-5-14)22-16-8-6-15(7-9-16)20(10-2-11-20)19(24)21-13-17-3-1-12-25-17/h1,3,6-9,12,14H,2,4-5,10-11,13H2,(H,21,24)(H,22,23). The number of hydrogen-bond donors (Lipinski definition) is 2. The molecule has 25 heavy (non-hydrogen) atoms. The molecule has 5 heteroatoms. The van der Waals surface area contributed by atoms with Gasteiger partial charge < -0.3 is 10.6 Å². The number of anilines is 1. The molecule has 1 heterocycles. The molecule has 0 radical (unpaired) electrons. The summed E-state index contributed by atoms with van der Waals surface area (Å²) in [5.41, 5.74) is 1.46. The Morgan fingerprint density at radius 2 is 1.88 bits per heavy atom. The van der Waals surface area contributed by atoms with Crippen LogP contribution in [0.3, 0.4) is 0 Å². The molecule has 2 aromatic rings. The number of carbonyl (C=O) groups is 2. The van der Waals surface area contributed by atoms with Gasteiger partial charge >= 0.3 is 0 Å². The molecule has 130 valence electrons. The zero-order chi connectivity index (χ0) is 17.3. The lowest BCUT2D eigenvalue weighted by Gasteiger charge is -2.40. The first-order valence-electron chi connectivity index (χ1n) is 8.89. The van der Waals surface area contributed by atoms with E-state index in [1.54, 1.807) is 11.3 Å². The van der Waals surface area contributed by atoms with Crippen LogP contribution in [0.2, 0.25) is 0 Å². The Morgan fingerprint density at radius 1 is 1.12 bits per heavy atom. The van der Waals surface area contributed by atoms with Crippen LogP contribution in [-0.4, -0.2) is 11.8 Å². The van der Waals surface area contributed by atoms with Crippen molar-refractivity contribution in [2.45, 2.75) is 44.1 Å². The van der Waals surface area contributed by atoms with Gasteiger partial charge in [0.15, 0.2) is 0 Å². The van der Waals surface area contributed by atoms with E-state index in [9.17, 15) is 9.59 Å². The Bertz CT molecular complexity index is 760. The maximum absolute atomic E-state index is 12.8. The topological polar surface area (TPSA) is 58.2 Å². The van der Waals surface area contributed by atoms with E-state index in [0.717, 1.165) is 43.4 Å². The van der Waals surface area contributed by atoms with Gasteiger partial charge in [-0.3, -0.25) is 9.59 Å². The zero-order valence-electron chi connectivity index (χ0n) is 14.1. The lowest BCUT2D eigenvalue weighted by Crippen LogP contribution is -2.48. The SMILES string of the molecule is O=C(Nc1ccc(C2(C(=O)NCc3cccs3)CCC2)cc1)C1CC1. The van der Waals surface area contributed by atoms with Gasteiger partial charge in [0.1, 0.15) is 0 Å². The van der Waals surface area contributed by atoms with E-state index in [2.05, 4.69) is 10.6 Å². The molecule has 0 aliphatic heterocycles. The molecule has 1 aromatic carbocycles. The third-order valence-electron chi connectivity index (χ3n) is 5.30. The number of benzene rings is 1. The summed E-state index contributed by atoms with van der Waals surface area (Å²) in [5.74, 6) is 0.419. The number of hydrogen-bond acceptors (Lipinski definition) is 3. The highest BCUT2D eigenvalue weighted by Crippen LogP contribution is 2.44. The Hall–Kier alpha value is -2.14. The molecule has 2 aliphatic carbocycles. The molecule has 0 atom stereocenters. The number of thiophene rings is 1. The minimum Gasteiger partial charge on any atom is -0.350 e. The molecule has 0 bridgehead atoms. The molecule has 0 unspecified atom stereocenters. The van der Waals surface area contributed by atoms with E-state index in [-0.39, 0.29) is 17.7 Å². The highest BCUT2D eigenvalue weighted by atomic mass is 32.1. The van der Waals surface area contributed by atoms with Crippen molar-refractivity contribution in [3.8, 4) is 0 Å². The Kier molecular flexibility index (Phi) is 4.34. The van der Waals surface area contributed by atoms with Crippen LogP contribution in [0.4, 0.5) is 5.69 Å². The molecule has 2 amide bonds. The summed E-state index contributed by atoms with van der Waals surface area (Å²) in [4.78, 5) is 25.9. The van der Waals surface area contributed by atoms with Gasteiger partial charge in [-0.1, -0.05) is 24.6 Å².